The van der Waals surface area contributed by atoms with Crippen molar-refractivity contribution in [1.82, 2.24) is 0 Å². The Bertz CT molecular complexity index is 745. The van der Waals surface area contributed by atoms with Gasteiger partial charge in [0, 0.05) is 6.42 Å². The molecule has 1 unspecified atom stereocenters. The molecule has 1 rings (SSSR count). The quantitative estimate of drug-likeness (QED) is 0.0645. The molecule has 0 spiro atoms. The van der Waals surface area contributed by atoms with E-state index in [0.717, 1.165) is 19.3 Å². The van der Waals surface area contributed by atoms with Gasteiger partial charge < -0.3 is 34.1 Å². The predicted octanol–water partition coefficient (Wildman–Crippen LogP) is 0.503. The van der Waals surface area contributed by atoms with Gasteiger partial charge >= 0.3 is 35.5 Å². The second-order valence-electron chi connectivity index (χ2n) is 10.6. The van der Waals surface area contributed by atoms with Crippen LogP contribution in [0.15, 0.2) is 0 Å². The number of hydrogen-bond donors (Lipinski definition) is 3. The summed E-state index contributed by atoms with van der Waals surface area (Å²) in [6.07, 6.45) is 7.48. The van der Waals surface area contributed by atoms with Crippen LogP contribution in [-0.4, -0.2) is 90.1 Å². The van der Waals surface area contributed by atoms with Crippen molar-refractivity contribution in [3.8, 4) is 0 Å². The average molecular weight is 608 g/mol. The third-order valence-electron chi connectivity index (χ3n) is 6.87. The van der Waals surface area contributed by atoms with E-state index in [-0.39, 0.29) is 36.0 Å². The van der Waals surface area contributed by atoms with Gasteiger partial charge in [-0.2, -0.15) is 0 Å². The summed E-state index contributed by atoms with van der Waals surface area (Å²) in [6, 6.07) is 0. The van der Waals surface area contributed by atoms with Gasteiger partial charge in [-0.25, -0.2) is 12.8 Å². The Balaban J connectivity index is 0.0000152. The van der Waals surface area contributed by atoms with Crippen LogP contribution in [0.5, 0.6) is 0 Å². The zero-order valence-corrected chi connectivity index (χ0v) is 27.2. The number of hydrogen-bond acceptors (Lipinski definition) is 10. The maximum Gasteiger partial charge on any atom is 1.00 e. The number of aliphatic hydroxyl groups excluding tert-OH is 3. The Morgan fingerprint density at radius 1 is 0.875 bits per heavy atom. The van der Waals surface area contributed by atoms with Crippen molar-refractivity contribution >= 4 is 16.1 Å². The number of carbonyl (C=O) groups excluding carboxylic acids is 1. The number of unbranched alkanes of at least 4 members (excludes halogenated alkanes) is 14. The molecule has 0 aromatic heterocycles. The monoisotopic (exact) mass is 607 g/mol. The van der Waals surface area contributed by atoms with Gasteiger partial charge in [0.15, 0.2) is 12.5 Å². The molecule has 6 atom stereocenters. The molecule has 0 saturated carbocycles. The van der Waals surface area contributed by atoms with E-state index in [4.69, 9.17) is 14.2 Å². The number of aliphatic hydroxyl groups is 3. The normalized spacial score (nSPS) is 23.9. The molecule has 10 nitrogen and oxygen atoms in total. The zero-order valence-electron chi connectivity index (χ0n) is 24.4. The van der Waals surface area contributed by atoms with Gasteiger partial charge in [-0.1, -0.05) is 96.8 Å². The van der Waals surface area contributed by atoms with E-state index in [1.54, 1.807) is 0 Å². The number of alkyl halides is 1. The van der Waals surface area contributed by atoms with Crippen LogP contribution < -0.4 is 29.6 Å². The number of carbonyl (C=O) groups is 1. The Hall–Kier alpha value is 0.110. The molecule has 232 valence electrons. The molecule has 1 aliphatic rings. The van der Waals surface area contributed by atoms with Gasteiger partial charge in [0.25, 0.3) is 0 Å². The molecule has 13 heteroatoms. The number of rotatable bonds is 23. The summed E-state index contributed by atoms with van der Waals surface area (Å²) in [5.41, 5.74) is 0. The molecule has 0 radical (unpaired) electrons. The van der Waals surface area contributed by atoms with Crippen LogP contribution >= 0.6 is 0 Å². The largest absolute Gasteiger partial charge is 1.00 e. The van der Waals surface area contributed by atoms with Crippen molar-refractivity contribution in [3.63, 3.8) is 0 Å². The molecule has 0 aromatic rings. The van der Waals surface area contributed by atoms with Crippen LogP contribution in [-0.2, 0) is 29.1 Å². The second kappa shape index (κ2) is 23.6. The molecular weight excluding hydrogens is 557 g/mol. The Morgan fingerprint density at radius 2 is 1.35 bits per heavy atom. The third kappa shape index (κ3) is 19.3. The molecule has 0 aliphatic carbocycles. The van der Waals surface area contributed by atoms with E-state index in [2.05, 4.69) is 6.92 Å². The SMILES string of the molecule is CCCCCCCCCCCCCCCCCC(=O)OCC(O)CO[C@H]1O[C@H](CS(=O)(=O)[O-])[C@@H](O)[C@H](O)[C@H]1[18F].[Na+]. The van der Waals surface area contributed by atoms with E-state index < -0.39 is 71.9 Å². The van der Waals surface area contributed by atoms with E-state index in [9.17, 15) is 37.5 Å². The minimum Gasteiger partial charge on any atom is -0.748 e. The van der Waals surface area contributed by atoms with Gasteiger partial charge in [-0.15, -0.1) is 0 Å². The average Bonchev–Trinajstić information content (AvgIpc) is 2.88. The van der Waals surface area contributed by atoms with Crippen molar-refractivity contribution in [2.75, 3.05) is 19.0 Å². The third-order valence-corrected chi connectivity index (χ3v) is 7.61. The molecular formula is C27H50FNaO10S. The summed E-state index contributed by atoms with van der Waals surface area (Å²) in [7, 11) is -4.82. The minimum absolute atomic E-state index is 0. The summed E-state index contributed by atoms with van der Waals surface area (Å²) in [4.78, 5) is 11.9. The van der Waals surface area contributed by atoms with Crippen LogP contribution in [0.3, 0.4) is 0 Å². The first-order valence-corrected chi connectivity index (χ1v) is 16.2. The Kier molecular flexibility index (Phi) is 23.6. The topological polar surface area (TPSA) is 163 Å². The predicted molar refractivity (Wildman–Crippen MR) is 143 cm³/mol. The molecule has 1 saturated heterocycles. The fourth-order valence-corrected chi connectivity index (χ4v) is 5.20. The van der Waals surface area contributed by atoms with Gasteiger partial charge in [0.05, 0.1) is 22.5 Å². The molecule has 0 aromatic carbocycles. The first kappa shape index (κ1) is 40.1. The molecule has 0 amide bonds. The minimum atomic E-state index is -4.82. The van der Waals surface area contributed by atoms with Crippen molar-refractivity contribution < 1.29 is 81.2 Å². The van der Waals surface area contributed by atoms with E-state index in [1.807, 2.05) is 0 Å². The van der Waals surface area contributed by atoms with Crippen molar-refractivity contribution in [3.05, 3.63) is 0 Å². The molecule has 1 aliphatic heterocycles. The maximum atomic E-state index is 14.2. The van der Waals surface area contributed by atoms with Crippen LogP contribution in [0.4, 0.5) is 4.39 Å². The zero-order chi connectivity index (χ0) is 29.1. The van der Waals surface area contributed by atoms with Crippen LogP contribution in [0.25, 0.3) is 0 Å². The van der Waals surface area contributed by atoms with E-state index in [1.165, 1.54) is 70.6 Å². The summed E-state index contributed by atoms with van der Waals surface area (Å²) in [5.74, 6) is -1.66. The van der Waals surface area contributed by atoms with Crippen LogP contribution in [0.2, 0.25) is 0 Å². The first-order chi connectivity index (χ1) is 18.5. The number of esters is 1. The smallest absolute Gasteiger partial charge is 0.748 e. The summed E-state index contributed by atoms with van der Waals surface area (Å²) < 4.78 is 62.0. The standard InChI is InChI=1S/C27H51FO10S.Na/c1-2-3-4-5-6-7-8-9-10-11-12-13-14-15-16-17-23(30)36-18-21(29)19-37-27-24(28)26(32)25(31)22(38-27)20-39(33,34)35;/h21-22,24-27,29,31-32H,2-20H2,1H3,(H,33,34,35);/q;+1/p-1/t21?,22-,24-,25-,26-,27+;/m1./s1/i28-1;. The van der Waals surface area contributed by atoms with Crippen molar-refractivity contribution in [2.24, 2.45) is 0 Å². The van der Waals surface area contributed by atoms with Gasteiger partial charge in [0.1, 0.15) is 31.0 Å². The van der Waals surface area contributed by atoms with Crippen LogP contribution in [0.1, 0.15) is 110 Å². The molecule has 3 N–H and O–H groups in total. The number of halogens is 1. The van der Waals surface area contributed by atoms with Crippen molar-refractivity contribution in [2.45, 2.75) is 147 Å². The second-order valence-corrected chi connectivity index (χ2v) is 12.0. The summed E-state index contributed by atoms with van der Waals surface area (Å²) >= 11 is 0. The molecule has 40 heavy (non-hydrogen) atoms. The van der Waals surface area contributed by atoms with Gasteiger partial charge in [0.2, 0.25) is 0 Å². The van der Waals surface area contributed by atoms with Gasteiger partial charge in [-0.05, 0) is 6.42 Å². The summed E-state index contributed by atoms with van der Waals surface area (Å²) in [5, 5.41) is 29.4. The van der Waals surface area contributed by atoms with Gasteiger partial charge in [-0.3, -0.25) is 4.79 Å². The van der Waals surface area contributed by atoms with E-state index >= 15 is 0 Å². The Labute approximate surface area is 261 Å². The maximum absolute atomic E-state index is 14.2. The number of ether oxygens (including phenoxy) is 3. The molecule has 1 fully saturated rings. The first-order valence-electron chi connectivity index (χ1n) is 14.6. The fourth-order valence-electron chi connectivity index (χ4n) is 4.52. The molecule has 1 heterocycles. The van der Waals surface area contributed by atoms with Crippen LogP contribution in [0, 0.1) is 0 Å². The molecule has 0 bridgehead atoms. The fraction of sp³-hybridized carbons (Fsp3) is 0.963. The van der Waals surface area contributed by atoms with Crippen molar-refractivity contribution in [1.29, 1.82) is 0 Å². The summed E-state index contributed by atoms with van der Waals surface area (Å²) in [6.45, 7) is 1.29. The van der Waals surface area contributed by atoms with E-state index in [0.29, 0.717) is 6.42 Å². The Morgan fingerprint density at radius 3 is 1.82 bits per heavy atom.